The minimum atomic E-state index is -0.933. The molecule has 0 aliphatic heterocycles. The monoisotopic (exact) mass is 255 g/mol. The Bertz CT molecular complexity index is 444. The van der Waals surface area contributed by atoms with Gasteiger partial charge in [-0.05, 0) is 13.8 Å². The molecule has 4 N–H and O–H groups in total. The number of hydrogen-bond acceptors (Lipinski definition) is 7. The van der Waals surface area contributed by atoms with Gasteiger partial charge in [-0.3, -0.25) is 10.1 Å². The molecule has 8 nitrogen and oxygen atoms in total. The zero-order valence-electron chi connectivity index (χ0n) is 10.5. The number of nitrogen functional groups attached to an aromatic ring is 1. The Kier molecular flexibility index (Phi) is 4.04. The molecule has 1 aromatic heterocycles. The first-order chi connectivity index (χ1) is 8.23. The maximum atomic E-state index is 10.8. The van der Waals surface area contributed by atoms with Crippen molar-refractivity contribution in [3.63, 3.8) is 0 Å². The Labute approximate surface area is 105 Å². The molecule has 0 unspecified atom stereocenters. The summed E-state index contributed by atoms with van der Waals surface area (Å²) in [5.41, 5.74) is 1.23. The van der Waals surface area contributed by atoms with E-state index in [4.69, 9.17) is 5.84 Å². The fourth-order valence-corrected chi connectivity index (χ4v) is 1.54. The van der Waals surface area contributed by atoms with E-state index in [9.17, 15) is 15.2 Å². The summed E-state index contributed by atoms with van der Waals surface area (Å²) >= 11 is 0. The van der Waals surface area contributed by atoms with Crippen LogP contribution in [0.1, 0.15) is 13.8 Å². The van der Waals surface area contributed by atoms with Crippen molar-refractivity contribution < 1.29 is 10.0 Å². The topological polar surface area (TPSA) is 118 Å². The van der Waals surface area contributed by atoms with Gasteiger partial charge in [0, 0.05) is 13.6 Å². The van der Waals surface area contributed by atoms with Crippen LogP contribution in [0.4, 0.5) is 17.3 Å². The molecule has 0 amide bonds. The van der Waals surface area contributed by atoms with Crippen LogP contribution in [0, 0.1) is 10.1 Å². The van der Waals surface area contributed by atoms with E-state index in [-0.39, 0.29) is 18.1 Å². The number of pyridine rings is 1. The van der Waals surface area contributed by atoms with E-state index < -0.39 is 10.5 Å². The first-order valence-electron chi connectivity index (χ1n) is 5.29. The molecule has 0 aromatic carbocycles. The van der Waals surface area contributed by atoms with Gasteiger partial charge in [0.15, 0.2) is 0 Å². The molecule has 0 atom stereocenters. The predicted octanol–water partition coefficient (Wildman–Crippen LogP) is 0.482. The predicted molar refractivity (Wildman–Crippen MR) is 68.3 cm³/mol. The Balaban J connectivity index is 3.07. The number of nitrogens with one attached hydrogen (secondary N) is 1. The number of likely N-dealkylation sites (N-methyl/N-ethyl adjacent to an activating group) is 1. The molecule has 18 heavy (non-hydrogen) atoms. The molecule has 0 saturated carbocycles. The highest BCUT2D eigenvalue weighted by Crippen LogP contribution is 2.23. The van der Waals surface area contributed by atoms with E-state index in [2.05, 4.69) is 10.4 Å². The van der Waals surface area contributed by atoms with Crippen LogP contribution in [0.25, 0.3) is 0 Å². The summed E-state index contributed by atoms with van der Waals surface area (Å²) in [6.07, 6.45) is 0. The molecule has 0 radical (unpaired) electrons. The van der Waals surface area contributed by atoms with Crippen molar-refractivity contribution in [3.05, 3.63) is 22.2 Å². The standard InChI is InChI=1S/C10H17N5O3/c1-10(2,16)6-14(3)9-5-7(15(17)18)4-8(12-9)13-11/h4-5,16H,6,11H2,1-3H3,(H,12,13). The van der Waals surface area contributed by atoms with Crippen LogP contribution in [0.3, 0.4) is 0 Å². The van der Waals surface area contributed by atoms with Gasteiger partial charge in [0.2, 0.25) is 0 Å². The quantitative estimate of drug-likeness (QED) is 0.398. The number of nitrogens with zero attached hydrogens (tertiary/aromatic N) is 3. The van der Waals surface area contributed by atoms with Crippen LogP contribution in [-0.2, 0) is 0 Å². The van der Waals surface area contributed by atoms with Crippen molar-refractivity contribution in [2.45, 2.75) is 19.4 Å². The number of aromatic nitrogens is 1. The van der Waals surface area contributed by atoms with Gasteiger partial charge in [-0.2, -0.15) is 0 Å². The molecular weight excluding hydrogens is 238 g/mol. The minimum Gasteiger partial charge on any atom is -0.389 e. The van der Waals surface area contributed by atoms with Crippen LogP contribution in [0.2, 0.25) is 0 Å². The largest absolute Gasteiger partial charge is 0.389 e. The molecule has 0 spiro atoms. The molecule has 1 heterocycles. The fraction of sp³-hybridized carbons (Fsp3) is 0.500. The highest BCUT2D eigenvalue weighted by atomic mass is 16.6. The summed E-state index contributed by atoms with van der Waals surface area (Å²) in [4.78, 5) is 16.0. The highest BCUT2D eigenvalue weighted by molar-refractivity contribution is 5.55. The second-order valence-corrected chi connectivity index (χ2v) is 4.64. The van der Waals surface area contributed by atoms with Crippen LogP contribution in [0.15, 0.2) is 12.1 Å². The number of hydrazine groups is 1. The number of hydrogen-bond donors (Lipinski definition) is 3. The van der Waals surface area contributed by atoms with E-state index in [1.54, 1.807) is 25.8 Å². The molecule has 1 rings (SSSR count). The SMILES string of the molecule is CN(CC(C)(C)O)c1cc([N+](=O)[O-])cc(NN)n1. The minimum absolute atomic E-state index is 0.115. The van der Waals surface area contributed by atoms with E-state index in [1.807, 2.05) is 0 Å². The zero-order chi connectivity index (χ0) is 13.9. The molecule has 1 aromatic rings. The second-order valence-electron chi connectivity index (χ2n) is 4.64. The average molecular weight is 255 g/mol. The second kappa shape index (κ2) is 5.15. The third-order valence-electron chi connectivity index (χ3n) is 2.17. The number of anilines is 2. The Morgan fingerprint density at radius 2 is 2.22 bits per heavy atom. The van der Waals surface area contributed by atoms with Crippen molar-refractivity contribution in [3.8, 4) is 0 Å². The summed E-state index contributed by atoms with van der Waals surface area (Å²) in [5, 5.41) is 20.5. The van der Waals surface area contributed by atoms with Crippen molar-refractivity contribution in [1.82, 2.24) is 4.98 Å². The third-order valence-corrected chi connectivity index (χ3v) is 2.17. The first-order valence-corrected chi connectivity index (χ1v) is 5.29. The van der Waals surface area contributed by atoms with Crippen molar-refractivity contribution in [2.24, 2.45) is 5.84 Å². The zero-order valence-corrected chi connectivity index (χ0v) is 10.5. The van der Waals surface area contributed by atoms with E-state index in [0.29, 0.717) is 5.82 Å². The van der Waals surface area contributed by atoms with Gasteiger partial charge in [-0.25, -0.2) is 10.8 Å². The highest BCUT2D eigenvalue weighted by Gasteiger charge is 2.19. The van der Waals surface area contributed by atoms with Gasteiger partial charge in [0.25, 0.3) is 5.69 Å². The number of rotatable bonds is 5. The van der Waals surface area contributed by atoms with Crippen molar-refractivity contribution in [1.29, 1.82) is 0 Å². The number of aliphatic hydroxyl groups is 1. The van der Waals surface area contributed by atoms with Crippen molar-refractivity contribution in [2.75, 3.05) is 23.9 Å². The lowest BCUT2D eigenvalue weighted by molar-refractivity contribution is -0.384. The van der Waals surface area contributed by atoms with Gasteiger partial charge < -0.3 is 15.4 Å². The van der Waals surface area contributed by atoms with Crippen LogP contribution < -0.4 is 16.2 Å². The third kappa shape index (κ3) is 3.82. The smallest absolute Gasteiger partial charge is 0.276 e. The van der Waals surface area contributed by atoms with Gasteiger partial charge >= 0.3 is 0 Å². The molecule has 8 heteroatoms. The summed E-state index contributed by atoms with van der Waals surface area (Å²) in [7, 11) is 1.68. The summed E-state index contributed by atoms with van der Waals surface area (Å²) in [5.74, 6) is 5.77. The Morgan fingerprint density at radius 3 is 2.67 bits per heavy atom. The van der Waals surface area contributed by atoms with Crippen LogP contribution in [0.5, 0.6) is 0 Å². The van der Waals surface area contributed by atoms with Gasteiger partial charge in [0.1, 0.15) is 11.6 Å². The van der Waals surface area contributed by atoms with Gasteiger partial charge in [0.05, 0.1) is 22.7 Å². The summed E-state index contributed by atoms with van der Waals surface area (Å²) < 4.78 is 0. The van der Waals surface area contributed by atoms with E-state index >= 15 is 0 Å². The lowest BCUT2D eigenvalue weighted by Crippen LogP contribution is -2.36. The molecule has 0 bridgehead atoms. The first kappa shape index (κ1) is 14.1. The maximum absolute atomic E-state index is 10.8. The number of nitro groups is 1. The molecule has 0 aliphatic rings. The molecule has 0 aliphatic carbocycles. The Hall–Kier alpha value is -1.93. The van der Waals surface area contributed by atoms with Crippen LogP contribution in [-0.4, -0.2) is 34.2 Å². The van der Waals surface area contributed by atoms with Gasteiger partial charge in [-0.15, -0.1) is 0 Å². The van der Waals surface area contributed by atoms with Gasteiger partial charge in [-0.1, -0.05) is 0 Å². The lowest BCUT2D eigenvalue weighted by atomic mass is 10.1. The molecular formula is C10H17N5O3. The molecule has 100 valence electrons. The summed E-state index contributed by atoms with van der Waals surface area (Å²) in [6.45, 7) is 3.57. The average Bonchev–Trinajstić information content (AvgIpc) is 2.26. The van der Waals surface area contributed by atoms with E-state index in [1.165, 1.54) is 12.1 Å². The van der Waals surface area contributed by atoms with Crippen LogP contribution >= 0.6 is 0 Å². The maximum Gasteiger partial charge on any atom is 0.276 e. The molecule has 0 saturated heterocycles. The summed E-state index contributed by atoms with van der Waals surface area (Å²) in [6, 6.07) is 2.56. The Morgan fingerprint density at radius 1 is 1.61 bits per heavy atom. The number of nitrogens with two attached hydrogens (primary N) is 1. The normalized spacial score (nSPS) is 11.2. The fourth-order valence-electron chi connectivity index (χ4n) is 1.54. The van der Waals surface area contributed by atoms with E-state index in [0.717, 1.165) is 0 Å². The van der Waals surface area contributed by atoms with Crippen molar-refractivity contribution >= 4 is 17.3 Å². The lowest BCUT2D eigenvalue weighted by Gasteiger charge is -2.26. The molecule has 0 fully saturated rings.